The lowest BCUT2D eigenvalue weighted by Crippen LogP contribution is -2.45. The van der Waals surface area contributed by atoms with Gasteiger partial charge in [0.25, 0.3) is 0 Å². The van der Waals surface area contributed by atoms with Crippen LogP contribution in [0, 0.1) is 5.92 Å². The third kappa shape index (κ3) is 4.33. The highest BCUT2D eigenvalue weighted by Crippen LogP contribution is 2.12. The highest BCUT2D eigenvalue weighted by Gasteiger charge is 2.29. The molecule has 0 spiro atoms. The van der Waals surface area contributed by atoms with Gasteiger partial charge in [0.15, 0.2) is 0 Å². The maximum absolute atomic E-state index is 11.7. The maximum atomic E-state index is 11.7. The lowest BCUT2D eigenvalue weighted by atomic mass is 10.1. The smallest absolute Gasteiger partial charge is 0.326 e. The van der Waals surface area contributed by atoms with Gasteiger partial charge in [-0.05, 0) is 13.3 Å². The molecule has 1 aliphatic rings. The number of ether oxygens (including phenoxy) is 2. The summed E-state index contributed by atoms with van der Waals surface area (Å²) in [5.41, 5.74) is 0. The zero-order valence-corrected chi connectivity index (χ0v) is 10.2. The van der Waals surface area contributed by atoms with Crippen LogP contribution in [0.5, 0.6) is 0 Å². The quantitative estimate of drug-likeness (QED) is 0.626. The molecule has 1 fully saturated rings. The van der Waals surface area contributed by atoms with E-state index in [1.165, 1.54) is 0 Å². The number of carboxylic acids is 1. The monoisotopic (exact) mass is 259 g/mol. The number of rotatable bonds is 6. The van der Waals surface area contributed by atoms with Gasteiger partial charge in [0, 0.05) is 6.61 Å². The fraction of sp³-hybridized carbons (Fsp3) is 0.727. The summed E-state index contributed by atoms with van der Waals surface area (Å²) in [6.45, 7) is 2.59. The molecule has 0 unspecified atom stereocenters. The SMILES string of the molecule is CCOC(=O)C[C@H](NC(=O)[C@@H]1CCOC1)C(=O)O. The van der Waals surface area contributed by atoms with Crippen molar-refractivity contribution in [2.75, 3.05) is 19.8 Å². The summed E-state index contributed by atoms with van der Waals surface area (Å²) in [7, 11) is 0. The zero-order valence-electron chi connectivity index (χ0n) is 10.2. The number of aliphatic carboxylic acids is 1. The van der Waals surface area contributed by atoms with Gasteiger partial charge >= 0.3 is 11.9 Å². The molecule has 0 radical (unpaired) electrons. The Morgan fingerprint density at radius 2 is 2.22 bits per heavy atom. The molecular weight excluding hydrogens is 242 g/mol. The van der Waals surface area contributed by atoms with Gasteiger partial charge in [-0.15, -0.1) is 0 Å². The number of esters is 1. The number of carbonyl (C=O) groups excluding carboxylic acids is 2. The predicted octanol–water partition coefficient (Wildman–Crippen LogP) is -0.454. The average molecular weight is 259 g/mol. The highest BCUT2D eigenvalue weighted by atomic mass is 16.5. The van der Waals surface area contributed by atoms with Gasteiger partial charge in [0.1, 0.15) is 6.04 Å². The first-order valence-corrected chi connectivity index (χ1v) is 5.81. The minimum Gasteiger partial charge on any atom is -0.480 e. The molecule has 2 atom stereocenters. The molecule has 1 heterocycles. The fourth-order valence-corrected chi connectivity index (χ4v) is 1.62. The third-order valence-corrected chi connectivity index (χ3v) is 2.59. The molecule has 18 heavy (non-hydrogen) atoms. The van der Waals surface area contributed by atoms with Crippen LogP contribution in [-0.2, 0) is 23.9 Å². The van der Waals surface area contributed by atoms with Crippen molar-refractivity contribution in [1.82, 2.24) is 5.32 Å². The van der Waals surface area contributed by atoms with Crippen LogP contribution in [0.3, 0.4) is 0 Å². The Morgan fingerprint density at radius 1 is 1.50 bits per heavy atom. The molecular formula is C11H17NO6. The van der Waals surface area contributed by atoms with Crippen molar-refractivity contribution in [3.8, 4) is 0 Å². The highest BCUT2D eigenvalue weighted by molar-refractivity contribution is 5.88. The first kappa shape index (κ1) is 14.4. The van der Waals surface area contributed by atoms with E-state index in [1.807, 2.05) is 0 Å². The van der Waals surface area contributed by atoms with Gasteiger partial charge in [-0.2, -0.15) is 0 Å². The fourth-order valence-electron chi connectivity index (χ4n) is 1.62. The normalized spacial score (nSPS) is 20.2. The number of nitrogens with one attached hydrogen (secondary N) is 1. The van der Waals surface area contributed by atoms with Crippen LogP contribution in [-0.4, -0.2) is 48.8 Å². The van der Waals surface area contributed by atoms with Crippen molar-refractivity contribution < 1.29 is 29.0 Å². The Balaban J connectivity index is 2.49. The van der Waals surface area contributed by atoms with Crippen molar-refractivity contribution in [1.29, 1.82) is 0 Å². The van der Waals surface area contributed by atoms with E-state index in [0.29, 0.717) is 13.0 Å². The summed E-state index contributed by atoms with van der Waals surface area (Å²) in [6, 6.07) is -1.25. The van der Waals surface area contributed by atoms with Crippen LogP contribution < -0.4 is 5.32 Å². The van der Waals surface area contributed by atoms with Crippen molar-refractivity contribution in [3.05, 3.63) is 0 Å². The molecule has 0 saturated carbocycles. The average Bonchev–Trinajstić information content (AvgIpc) is 2.81. The summed E-state index contributed by atoms with van der Waals surface area (Å²) >= 11 is 0. The Kier molecular flexibility index (Phi) is 5.57. The van der Waals surface area contributed by atoms with E-state index < -0.39 is 23.9 Å². The molecule has 0 aromatic rings. The predicted molar refractivity (Wildman–Crippen MR) is 59.7 cm³/mol. The Labute approximate surface area is 104 Å². The minimum absolute atomic E-state index is 0.176. The Bertz CT molecular complexity index is 323. The molecule has 7 nitrogen and oxygen atoms in total. The largest absolute Gasteiger partial charge is 0.480 e. The maximum Gasteiger partial charge on any atom is 0.326 e. The van der Waals surface area contributed by atoms with Gasteiger partial charge < -0.3 is 19.9 Å². The van der Waals surface area contributed by atoms with Gasteiger partial charge in [-0.25, -0.2) is 4.79 Å². The number of amides is 1. The molecule has 1 amide bonds. The second-order valence-electron chi connectivity index (χ2n) is 3.97. The lowest BCUT2D eigenvalue weighted by molar-refractivity contribution is -0.150. The molecule has 2 N–H and O–H groups in total. The molecule has 0 bridgehead atoms. The second kappa shape index (κ2) is 6.95. The van der Waals surface area contributed by atoms with Crippen LogP contribution in [0.15, 0.2) is 0 Å². The van der Waals surface area contributed by atoms with Gasteiger partial charge in [-0.1, -0.05) is 0 Å². The van der Waals surface area contributed by atoms with Gasteiger partial charge in [-0.3, -0.25) is 9.59 Å². The van der Waals surface area contributed by atoms with Gasteiger partial charge in [0.05, 0.1) is 25.6 Å². The topological polar surface area (TPSA) is 102 Å². The van der Waals surface area contributed by atoms with Crippen LogP contribution in [0.4, 0.5) is 0 Å². The molecule has 0 aliphatic carbocycles. The van der Waals surface area contributed by atoms with Crippen molar-refractivity contribution in [2.24, 2.45) is 5.92 Å². The third-order valence-electron chi connectivity index (χ3n) is 2.59. The molecule has 0 aromatic heterocycles. The summed E-state index contributed by atoms with van der Waals surface area (Å²) in [5.74, 6) is -2.64. The number of hydrogen-bond donors (Lipinski definition) is 2. The molecule has 1 aliphatic heterocycles. The van der Waals surface area contributed by atoms with E-state index in [-0.39, 0.29) is 25.6 Å². The molecule has 0 aromatic carbocycles. The second-order valence-corrected chi connectivity index (χ2v) is 3.97. The number of carbonyl (C=O) groups is 3. The summed E-state index contributed by atoms with van der Waals surface area (Å²) in [6.07, 6.45) is 0.195. The van der Waals surface area contributed by atoms with Crippen molar-refractivity contribution in [3.63, 3.8) is 0 Å². The van der Waals surface area contributed by atoms with Crippen LogP contribution >= 0.6 is 0 Å². The molecule has 1 rings (SSSR count). The number of carboxylic acid groups (broad SMARTS) is 1. The van der Waals surface area contributed by atoms with Crippen molar-refractivity contribution in [2.45, 2.75) is 25.8 Å². The van der Waals surface area contributed by atoms with Crippen molar-refractivity contribution >= 4 is 17.8 Å². The van der Waals surface area contributed by atoms with E-state index in [2.05, 4.69) is 10.1 Å². The van der Waals surface area contributed by atoms with E-state index in [1.54, 1.807) is 6.92 Å². The van der Waals surface area contributed by atoms with Crippen LogP contribution in [0.2, 0.25) is 0 Å². The molecule has 7 heteroatoms. The number of hydrogen-bond acceptors (Lipinski definition) is 5. The zero-order chi connectivity index (χ0) is 13.5. The lowest BCUT2D eigenvalue weighted by Gasteiger charge is -2.15. The first-order valence-electron chi connectivity index (χ1n) is 5.81. The van der Waals surface area contributed by atoms with E-state index in [4.69, 9.17) is 9.84 Å². The van der Waals surface area contributed by atoms with Crippen LogP contribution in [0.1, 0.15) is 19.8 Å². The molecule has 1 saturated heterocycles. The van der Waals surface area contributed by atoms with E-state index in [0.717, 1.165) is 0 Å². The first-order chi connectivity index (χ1) is 8.54. The Hall–Kier alpha value is -1.63. The standard InChI is InChI=1S/C11H17NO6/c1-2-18-9(13)5-8(11(15)16)12-10(14)7-3-4-17-6-7/h7-8H,2-6H2,1H3,(H,12,14)(H,15,16)/t7-,8+/m1/s1. The van der Waals surface area contributed by atoms with Gasteiger partial charge in [0.2, 0.25) is 5.91 Å². The van der Waals surface area contributed by atoms with E-state index in [9.17, 15) is 14.4 Å². The minimum atomic E-state index is -1.25. The summed E-state index contributed by atoms with van der Waals surface area (Å²) in [5, 5.41) is 11.3. The molecule has 102 valence electrons. The van der Waals surface area contributed by atoms with Crippen LogP contribution in [0.25, 0.3) is 0 Å². The summed E-state index contributed by atoms with van der Waals surface area (Å²) < 4.78 is 9.69. The Morgan fingerprint density at radius 3 is 2.72 bits per heavy atom. The van der Waals surface area contributed by atoms with E-state index >= 15 is 0 Å². The summed E-state index contributed by atoms with van der Waals surface area (Å²) in [4.78, 5) is 33.8.